The van der Waals surface area contributed by atoms with Crippen molar-refractivity contribution >= 4 is 17.4 Å². The highest BCUT2D eigenvalue weighted by atomic mass is 35.5. The monoisotopic (exact) mass is 288 g/mol. The van der Waals surface area contributed by atoms with E-state index in [4.69, 9.17) is 11.6 Å². The number of carbonyl (C=O) groups excluding carboxylic acids is 1. The van der Waals surface area contributed by atoms with Crippen molar-refractivity contribution in [3.63, 3.8) is 0 Å². The summed E-state index contributed by atoms with van der Waals surface area (Å²) in [5.41, 5.74) is 4.38. The van der Waals surface area contributed by atoms with E-state index >= 15 is 0 Å². The smallest absolute Gasteiger partial charge is 0.137 e. The lowest BCUT2D eigenvalue weighted by molar-refractivity contribution is -0.118. The number of Topliss-reactive ketones (excluding diaryl/α,β-unsaturated/α-hetero) is 1. The zero-order valence-corrected chi connectivity index (χ0v) is 11.7. The van der Waals surface area contributed by atoms with Crippen LogP contribution >= 0.6 is 11.6 Å². The number of halogens is 2. The van der Waals surface area contributed by atoms with E-state index in [-0.39, 0.29) is 11.6 Å². The van der Waals surface area contributed by atoms with Gasteiger partial charge in [-0.3, -0.25) is 4.79 Å². The van der Waals surface area contributed by atoms with E-state index in [1.54, 1.807) is 12.1 Å². The Hall–Kier alpha value is -1.67. The van der Waals surface area contributed by atoms with Gasteiger partial charge in [0.15, 0.2) is 0 Å². The van der Waals surface area contributed by atoms with Crippen LogP contribution in [0.2, 0.25) is 5.02 Å². The second kappa shape index (κ2) is 5.37. The molecule has 0 amide bonds. The van der Waals surface area contributed by atoms with Crippen molar-refractivity contribution in [1.29, 1.82) is 0 Å². The van der Waals surface area contributed by atoms with Crippen LogP contribution in [-0.4, -0.2) is 5.78 Å². The number of hydrogen-bond donors (Lipinski definition) is 0. The van der Waals surface area contributed by atoms with Gasteiger partial charge in [0.1, 0.15) is 11.6 Å². The van der Waals surface area contributed by atoms with Crippen LogP contribution in [0, 0.1) is 5.82 Å². The highest BCUT2D eigenvalue weighted by Crippen LogP contribution is 2.30. The molecular weight excluding hydrogens is 275 g/mol. The van der Waals surface area contributed by atoms with E-state index in [0.29, 0.717) is 19.3 Å². The van der Waals surface area contributed by atoms with Gasteiger partial charge >= 0.3 is 0 Å². The first-order valence-corrected chi connectivity index (χ1v) is 7.06. The Bertz CT molecular complexity index is 661. The van der Waals surface area contributed by atoms with E-state index in [2.05, 4.69) is 0 Å². The molecule has 0 unspecified atom stereocenters. The van der Waals surface area contributed by atoms with Crippen molar-refractivity contribution in [3.05, 3.63) is 69.5 Å². The van der Waals surface area contributed by atoms with Crippen molar-refractivity contribution in [2.24, 2.45) is 0 Å². The highest BCUT2D eigenvalue weighted by molar-refractivity contribution is 6.31. The Balaban J connectivity index is 1.98. The van der Waals surface area contributed by atoms with Crippen LogP contribution in [0.25, 0.3) is 0 Å². The summed E-state index contributed by atoms with van der Waals surface area (Å²) < 4.78 is 13.0. The minimum atomic E-state index is -0.236. The minimum absolute atomic E-state index is 0.236. The zero-order valence-electron chi connectivity index (χ0n) is 11.0. The maximum absolute atomic E-state index is 13.0. The Kier molecular flexibility index (Phi) is 3.58. The van der Waals surface area contributed by atoms with Gasteiger partial charge < -0.3 is 0 Å². The maximum atomic E-state index is 13.0. The molecule has 0 heterocycles. The Morgan fingerprint density at radius 1 is 1.05 bits per heavy atom. The summed E-state index contributed by atoms with van der Waals surface area (Å²) in [5.74, 6) is 0.0492. The normalized spacial score (nSPS) is 14.2. The van der Waals surface area contributed by atoms with Gasteiger partial charge in [0.25, 0.3) is 0 Å². The molecule has 0 aliphatic heterocycles. The lowest BCUT2D eigenvalue weighted by atomic mass is 9.85. The standard InChI is InChI=1S/C17H14ClFO/c18-17-8-3-12-10-14(20)6-7-15(12)16(17)9-11-1-4-13(19)5-2-11/h1-5,8H,6-7,9-10H2. The fraction of sp³-hybridized carbons (Fsp3) is 0.235. The van der Waals surface area contributed by atoms with Gasteiger partial charge in [0, 0.05) is 17.9 Å². The molecule has 0 N–H and O–H groups in total. The van der Waals surface area contributed by atoms with E-state index < -0.39 is 0 Å². The van der Waals surface area contributed by atoms with E-state index in [1.807, 2.05) is 12.1 Å². The fourth-order valence-electron chi connectivity index (χ4n) is 2.75. The summed E-state index contributed by atoms with van der Waals surface area (Å²) in [7, 11) is 0. The van der Waals surface area contributed by atoms with Crippen LogP contribution < -0.4 is 0 Å². The summed E-state index contributed by atoms with van der Waals surface area (Å²) in [6.07, 6.45) is 2.52. The van der Waals surface area contributed by atoms with Crippen molar-refractivity contribution in [2.75, 3.05) is 0 Å². The Morgan fingerprint density at radius 3 is 2.55 bits per heavy atom. The van der Waals surface area contributed by atoms with Crippen LogP contribution in [0.3, 0.4) is 0 Å². The predicted molar refractivity (Wildman–Crippen MR) is 77.7 cm³/mol. The first-order valence-electron chi connectivity index (χ1n) is 6.69. The number of carbonyl (C=O) groups is 1. The molecule has 0 saturated carbocycles. The molecule has 1 aliphatic carbocycles. The quantitative estimate of drug-likeness (QED) is 0.812. The van der Waals surface area contributed by atoms with Gasteiger partial charge in [0.2, 0.25) is 0 Å². The average Bonchev–Trinajstić information content (AvgIpc) is 2.44. The number of fused-ring (bicyclic) bond motifs is 1. The van der Waals surface area contributed by atoms with Crippen LogP contribution in [0.5, 0.6) is 0 Å². The first-order chi connectivity index (χ1) is 9.63. The average molecular weight is 289 g/mol. The molecule has 0 bridgehead atoms. The largest absolute Gasteiger partial charge is 0.299 e. The summed E-state index contributed by atoms with van der Waals surface area (Å²) in [6, 6.07) is 10.3. The molecule has 102 valence electrons. The number of benzene rings is 2. The molecule has 2 aromatic rings. The SMILES string of the molecule is O=C1CCc2c(ccc(Cl)c2Cc2ccc(F)cc2)C1. The Labute approximate surface area is 122 Å². The molecule has 0 radical (unpaired) electrons. The third kappa shape index (κ3) is 2.61. The van der Waals surface area contributed by atoms with E-state index in [0.717, 1.165) is 28.1 Å². The van der Waals surface area contributed by atoms with Crippen LogP contribution in [0.4, 0.5) is 4.39 Å². The molecule has 1 aliphatic rings. The maximum Gasteiger partial charge on any atom is 0.137 e. The second-order valence-electron chi connectivity index (χ2n) is 5.18. The van der Waals surface area contributed by atoms with E-state index in [9.17, 15) is 9.18 Å². The third-order valence-corrected chi connectivity index (χ3v) is 4.16. The molecule has 3 heteroatoms. The first kappa shape index (κ1) is 13.3. The van der Waals surface area contributed by atoms with E-state index in [1.165, 1.54) is 17.7 Å². The molecule has 0 saturated heterocycles. The molecule has 3 rings (SSSR count). The molecule has 2 aromatic carbocycles. The minimum Gasteiger partial charge on any atom is -0.299 e. The molecule has 0 atom stereocenters. The molecule has 0 aromatic heterocycles. The van der Waals surface area contributed by atoms with Gasteiger partial charge in [-0.05, 0) is 53.3 Å². The molecular formula is C17H14ClFO. The van der Waals surface area contributed by atoms with Crippen molar-refractivity contribution in [2.45, 2.75) is 25.7 Å². The Morgan fingerprint density at radius 2 is 1.80 bits per heavy atom. The summed E-state index contributed by atoms with van der Waals surface area (Å²) in [4.78, 5) is 11.5. The number of hydrogen-bond acceptors (Lipinski definition) is 1. The van der Waals surface area contributed by atoms with Crippen LogP contribution in [-0.2, 0) is 24.1 Å². The molecule has 1 nitrogen and oxygen atoms in total. The topological polar surface area (TPSA) is 17.1 Å². The van der Waals surface area contributed by atoms with Crippen molar-refractivity contribution in [3.8, 4) is 0 Å². The van der Waals surface area contributed by atoms with Crippen LogP contribution in [0.15, 0.2) is 36.4 Å². The lowest BCUT2D eigenvalue weighted by Crippen LogP contribution is -2.15. The third-order valence-electron chi connectivity index (χ3n) is 3.81. The van der Waals surface area contributed by atoms with Crippen molar-refractivity contribution in [1.82, 2.24) is 0 Å². The molecule has 0 fully saturated rings. The predicted octanol–water partition coefficient (Wildman–Crippen LogP) is 4.13. The second-order valence-corrected chi connectivity index (χ2v) is 5.59. The number of ketones is 1. The van der Waals surface area contributed by atoms with Gasteiger partial charge in [-0.25, -0.2) is 4.39 Å². The summed E-state index contributed by atoms with van der Waals surface area (Å²) >= 11 is 6.32. The van der Waals surface area contributed by atoms with Crippen LogP contribution in [0.1, 0.15) is 28.7 Å². The van der Waals surface area contributed by atoms with Gasteiger partial charge in [-0.1, -0.05) is 29.8 Å². The molecule has 20 heavy (non-hydrogen) atoms. The van der Waals surface area contributed by atoms with Gasteiger partial charge in [0.05, 0.1) is 0 Å². The molecule has 0 spiro atoms. The zero-order chi connectivity index (χ0) is 14.1. The highest BCUT2D eigenvalue weighted by Gasteiger charge is 2.20. The fourth-order valence-corrected chi connectivity index (χ4v) is 3.00. The van der Waals surface area contributed by atoms with Crippen molar-refractivity contribution < 1.29 is 9.18 Å². The summed E-state index contributed by atoms with van der Waals surface area (Å²) in [5, 5.41) is 0.724. The summed E-state index contributed by atoms with van der Waals surface area (Å²) in [6.45, 7) is 0. The number of rotatable bonds is 2. The van der Waals surface area contributed by atoms with Gasteiger partial charge in [-0.15, -0.1) is 0 Å². The van der Waals surface area contributed by atoms with Gasteiger partial charge in [-0.2, -0.15) is 0 Å². The lowest BCUT2D eigenvalue weighted by Gasteiger charge is -2.20.